The summed E-state index contributed by atoms with van der Waals surface area (Å²) in [6, 6.07) is 1.12. The van der Waals surface area contributed by atoms with E-state index in [1.165, 1.54) is 70.6 Å². The zero-order valence-corrected chi connectivity index (χ0v) is 13.9. The maximum Gasteiger partial charge on any atom is 0.226 e. The summed E-state index contributed by atoms with van der Waals surface area (Å²) in [5, 5.41) is 0. The van der Waals surface area contributed by atoms with Crippen LogP contribution in [0.5, 0.6) is 0 Å². The van der Waals surface area contributed by atoms with Gasteiger partial charge in [-0.15, -0.1) is 0 Å². The van der Waals surface area contributed by atoms with E-state index >= 15 is 0 Å². The van der Waals surface area contributed by atoms with Crippen molar-refractivity contribution in [2.75, 3.05) is 0 Å². The molecule has 3 saturated carbocycles. The highest BCUT2D eigenvalue weighted by molar-refractivity contribution is 5.81. The van der Waals surface area contributed by atoms with Gasteiger partial charge in [-0.25, -0.2) is 0 Å². The molecule has 2 heteroatoms. The van der Waals surface area contributed by atoms with Gasteiger partial charge in [-0.3, -0.25) is 4.79 Å². The molecule has 0 aromatic carbocycles. The van der Waals surface area contributed by atoms with Crippen molar-refractivity contribution < 1.29 is 4.79 Å². The minimum absolute atomic E-state index is 0.318. The minimum atomic E-state index is 0.318. The van der Waals surface area contributed by atoms with Crippen LogP contribution in [0.4, 0.5) is 0 Å². The van der Waals surface area contributed by atoms with Gasteiger partial charge in [0.2, 0.25) is 5.91 Å². The van der Waals surface area contributed by atoms with Crippen molar-refractivity contribution in [3.63, 3.8) is 0 Å². The molecule has 0 spiro atoms. The fourth-order valence-corrected chi connectivity index (χ4v) is 5.63. The first kappa shape index (κ1) is 14.8. The van der Waals surface area contributed by atoms with Gasteiger partial charge in [0.05, 0.1) is 0 Å². The van der Waals surface area contributed by atoms with Gasteiger partial charge in [0.15, 0.2) is 0 Å². The molecular weight excluding hydrogens is 270 g/mol. The number of carbonyl (C=O) groups is 1. The fourth-order valence-electron chi connectivity index (χ4n) is 5.63. The molecule has 3 atom stereocenters. The van der Waals surface area contributed by atoms with Crippen LogP contribution in [0.2, 0.25) is 0 Å². The molecule has 2 nitrogen and oxygen atoms in total. The second kappa shape index (κ2) is 6.37. The Morgan fingerprint density at radius 1 is 0.773 bits per heavy atom. The molecule has 0 aromatic heterocycles. The van der Waals surface area contributed by atoms with Crippen molar-refractivity contribution in [1.82, 2.24) is 4.90 Å². The molecule has 3 fully saturated rings. The van der Waals surface area contributed by atoms with E-state index in [0.717, 1.165) is 6.42 Å². The Kier molecular flexibility index (Phi) is 4.28. The summed E-state index contributed by atoms with van der Waals surface area (Å²) >= 11 is 0. The normalized spacial score (nSPS) is 35.9. The molecule has 0 aliphatic heterocycles. The summed E-state index contributed by atoms with van der Waals surface area (Å²) in [5.41, 5.74) is 0. The van der Waals surface area contributed by atoms with Crippen LogP contribution in [0.25, 0.3) is 0 Å². The quantitative estimate of drug-likeness (QED) is 0.692. The monoisotopic (exact) mass is 301 g/mol. The summed E-state index contributed by atoms with van der Waals surface area (Å²) in [6.45, 7) is 0. The van der Waals surface area contributed by atoms with Crippen molar-refractivity contribution in [1.29, 1.82) is 0 Å². The molecule has 4 aliphatic rings. The molecule has 4 rings (SSSR count). The molecule has 22 heavy (non-hydrogen) atoms. The van der Waals surface area contributed by atoms with Crippen molar-refractivity contribution in [3.05, 3.63) is 12.2 Å². The SMILES string of the molecule is O=C(C1CC2C=CC1C2)N(C1CCCCC1)C1CCCCC1. The third-order valence-electron chi connectivity index (χ3n) is 6.79. The van der Waals surface area contributed by atoms with Crippen LogP contribution in [0.3, 0.4) is 0 Å². The lowest BCUT2D eigenvalue weighted by Gasteiger charge is -2.43. The second-order valence-corrected chi connectivity index (χ2v) is 8.22. The van der Waals surface area contributed by atoms with Crippen LogP contribution < -0.4 is 0 Å². The van der Waals surface area contributed by atoms with E-state index in [9.17, 15) is 4.79 Å². The molecular formula is C20H31NO. The van der Waals surface area contributed by atoms with Gasteiger partial charge in [0.25, 0.3) is 0 Å². The van der Waals surface area contributed by atoms with Gasteiger partial charge < -0.3 is 4.90 Å². The number of hydrogen-bond acceptors (Lipinski definition) is 1. The maximum absolute atomic E-state index is 13.4. The third-order valence-corrected chi connectivity index (χ3v) is 6.79. The molecule has 0 heterocycles. The first-order valence-corrected chi connectivity index (χ1v) is 9.83. The molecule has 3 unspecified atom stereocenters. The van der Waals surface area contributed by atoms with Gasteiger partial charge in [-0.2, -0.15) is 0 Å². The zero-order chi connectivity index (χ0) is 14.9. The van der Waals surface area contributed by atoms with Gasteiger partial charge in [-0.05, 0) is 50.4 Å². The van der Waals surface area contributed by atoms with Crippen LogP contribution in [0.1, 0.15) is 77.0 Å². The number of rotatable bonds is 3. The zero-order valence-electron chi connectivity index (χ0n) is 13.9. The molecule has 0 aromatic rings. The lowest BCUT2D eigenvalue weighted by Crippen LogP contribution is -2.51. The van der Waals surface area contributed by atoms with Gasteiger partial charge in [0.1, 0.15) is 0 Å². The molecule has 2 bridgehead atoms. The Hall–Kier alpha value is -0.790. The summed E-state index contributed by atoms with van der Waals surface area (Å²) in [5.74, 6) is 2.13. The van der Waals surface area contributed by atoms with Crippen LogP contribution in [0, 0.1) is 17.8 Å². The van der Waals surface area contributed by atoms with E-state index in [0.29, 0.717) is 35.7 Å². The number of amides is 1. The van der Waals surface area contributed by atoms with E-state index in [4.69, 9.17) is 0 Å². The highest BCUT2D eigenvalue weighted by Gasteiger charge is 2.44. The van der Waals surface area contributed by atoms with Crippen molar-refractivity contribution in [2.24, 2.45) is 17.8 Å². The van der Waals surface area contributed by atoms with E-state index in [-0.39, 0.29) is 0 Å². The Balaban J connectivity index is 1.52. The molecule has 0 radical (unpaired) electrons. The molecule has 122 valence electrons. The fraction of sp³-hybridized carbons (Fsp3) is 0.850. The Morgan fingerprint density at radius 2 is 1.36 bits per heavy atom. The average Bonchev–Trinajstić information content (AvgIpc) is 3.20. The summed E-state index contributed by atoms with van der Waals surface area (Å²) in [7, 11) is 0. The average molecular weight is 301 g/mol. The number of allylic oxidation sites excluding steroid dienone is 2. The van der Waals surface area contributed by atoms with Gasteiger partial charge >= 0.3 is 0 Å². The van der Waals surface area contributed by atoms with Gasteiger partial charge in [-0.1, -0.05) is 50.7 Å². The van der Waals surface area contributed by atoms with Crippen LogP contribution in [0.15, 0.2) is 12.2 Å². The Morgan fingerprint density at radius 3 is 1.82 bits per heavy atom. The van der Waals surface area contributed by atoms with E-state index in [1.54, 1.807) is 0 Å². The van der Waals surface area contributed by atoms with Crippen molar-refractivity contribution >= 4 is 5.91 Å². The summed E-state index contributed by atoms with van der Waals surface area (Å²) in [6.07, 6.45) is 20.2. The molecule has 4 aliphatic carbocycles. The second-order valence-electron chi connectivity index (χ2n) is 8.22. The number of nitrogens with zero attached hydrogens (tertiary/aromatic N) is 1. The van der Waals surface area contributed by atoms with E-state index in [1.807, 2.05) is 0 Å². The van der Waals surface area contributed by atoms with Crippen LogP contribution in [-0.4, -0.2) is 22.9 Å². The molecule has 1 amide bonds. The third kappa shape index (κ3) is 2.74. The number of carbonyl (C=O) groups excluding carboxylic acids is 1. The first-order valence-electron chi connectivity index (χ1n) is 9.83. The largest absolute Gasteiger partial charge is 0.336 e. The number of fused-ring (bicyclic) bond motifs is 2. The lowest BCUT2D eigenvalue weighted by atomic mass is 9.85. The number of hydrogen-bond donors (Lipinski definition) is 0. The topological polar surface area (TPSA) is 20.3 Å². The van der Waals surface area contributed by atoms with Crippen molar-refractivity contribution in [2.45, 2.75) is 89.1 Å². The highest BCUT2D eigenvalue weighted by atomic mass is 16.2. The highest BCUT2D eigenvalue weighted by Crippen LogP contribution is 2.45. The lowest BCUT2D eigenvalue weighted by molar-refractivity contribution is -0.143. The maximum atomic E-state index is 13.4. The van der Waals surface area contributed by atoms with E-state index in [2.05, 4.69) is 17.1 Å². The Bertz CT molecular complexity index is 413. The minimum Gasteiger partial charge on any atom is -0.336 e. The smallest absolute Gasteiger partial charge is 0.226 e. The van der Waals surface area contributed by atoms with Crippen LogP contribution in [-0.2, 0) is 4.79 Å². The molecule has 0 N–H and O–H groups in total. The van der Waals surface area contributed by atoms with Gasteiger partial charge in [0, 0.05) is 18.0 Å². The predicted molar refractivity (Wildman–Crippen MR) is 89.4 cm³/mol. The Labute approximate surface area is 135 Å². The summed E-state index contributed by atoms with van der Waals surface area (Å²) < 4.78 is 0. The summed E-state index contributed by atoms with van der Waals surface area (Å²) in [4.78, 5) is 15.9. The standard InChI is InChI=1S/C20H31NO/c22-20(19-14-15-11-12-16(19)13-15)21(17-7-3-1-4-8-17)18-9-5-2-6-10-18/h11-12,15-19H,1-10,13-14H2. The van der Waals surface area contributed by atoms with E-state index < -0.39 is 0 Å². The van der Waals surface area contributed by atoms with Crippen molar-refractivity contribution in [3.8, 4) is 0 Å². The van der Waals surface area contributed by atoms with Crippen LogP contribution >= 0.6 is 0 Å². The molecule has 0 saturated heterocycles. The predicted octanol–water partition coefficient (Wildman–Crippen LogP) is 4.69. The first-order chi connectivity index (χ1) is 10.8.